The maximum atomic E-state index is 10.4. The number of carbonyl (C=O) groups excluding carboxylic acids is 1. The number of esters is 1. The molecular formula is C6H12O3SSb+3. The summed E-state index contributed by atoms with van der Waals surface area (Å²) in [5.41, 5.74) is 0. The summed E-state index contributed by atoms with van der Waals surface area (Å²) in [6.07, 6.45) is 0. The van der Waals surface area contributed by atoms with Gasteiger partial charge in [0.15, 0.2) is 0 Å². The van der Waals surface area contributed by atoms with Crippen LogP contribution in [0.15, 0.2) is 0 Å². The van der Waals surface area contributed by atoms with Crippen molar-refractivity contribution < 1.29 is 14.3 Å². The molecule has 11 heavy (non-hydrogen) atoms. The fourth-order valence-corrected chi connectivity index (χ4v) is 0.496. The average Bonchev–Trinajstić information content (AvgIpc) is 1.98. The van der Waals surface area contributed by atoms with E-state index in [0.29, 0.717) is 19.8 Å². The second-order valence-electron chi connectivity index (χ2n) is 1.58. The van der Waals surface area contributed by atoms with Crippen LogP contribution in [0.2, 0.25) is 0 Å². The summed E-state index contributed by atoms with van der Waals surface area (Å²) in [7, 11) is 0. The van der Waals surface area contributed by atoms with Gasteiger partial charge in [-0.1, -0.05) is 0 Å². The molecule has 2 radical (unpaired) electrons. The Hall–Kier alpha value is 0.598. The summed E-state index contributed by atoms with van der Waals surface area (Å²) in [5.74, 6) is -0.172. The zero-order chi connectivity index (χ0) is 7.82. The molecule has 0 bridgehead atoms. The van der Waals surface area contributed by atoms with Crippen LogP contribution in [-0.2, 0) is 14.3 Å². The van der Waals surface area contributed by atoms with Gasteiger partial charge < -0.3 is 9.47 Å². The summed E-state index contributed by atoms with van der Waals surface area (Å²) in [6, 6.07) is 0. The van der Waals surface area contributed by atoms with Crippen molar-refractivity contribution in [3.8, 4) is 0 Å². The minimum Gasteiger partial charge on any atom is -0.463 e. The molecule has 0 atom stereocenters. The molecule has 0 aliphatic carbocycles. The third-order valence-corrected chi connectivity index (χ3v) is 1.08. The van der Waals surface area contributed by atoms with Crippen molar-refractivity contribution in [3.05, 3.63) is 0 Å². The van der Waals surface area contributed by atoms with Gasteiger partial charge in [0, 0.05) is 6.61 Å². The Kier molecular flexibility index (Phi) is 13.6. The molecule has 5 heteroatoms. The molecule has 0 amide bonds. The van der Waals surface area contributed by atoms with E-state index in [4.69, 9.17) is 4.74 Å². The predicted molar refractivity (Wildman–Crippen MR) is 47.1 cm³/mol. The molecule has 0 saturated heterocycles. The maximum absolute atomic E-state index is 10.4. The Labute approximate surface area is 89.7 Å². The topological polar surface area (TPSA) is 35.5 Å². The molecule has 0 rings (SSSR count). The van der Waals surface area contributed by atoms with Gasteiger partial charge in [-0.15, -0.1) is 0 Å². The van der Waals surface area contributed by atoms with Gasteiger partial charge in [-0.2, -0.15) is 12.6 Å². The van der Waals surface area contributed by atoms with Gasteiger partial charge in [0.25, 0.3) is 0 Å². The monoisotopic (exact) mass is 285 g/mol. The zero-order valence-corrected chi connectivity index (χ0v) is 9.89. The first-order chi connectivity index (χ1) is 4.81. The summed E-state index contributed by atoms with van der Waals surface area (Å²) >= 11 is 3.73. The molecule has 0 unspecified atom stereocenters. The third-order valence-electron chi connectivity index (χ3n) is 0.824. The molecule has 0 fully saturated rings. The van der Waals surface area contributed by atoms with Crippen molar-refractivity contribution in [2.75, 3.05) is 25.6 Å². The summed E-state index contributed by atoms with van der Waals surface area (Å²) < 4.78 is 9.58. The van der Waals surface area contributed by atoms with E-state index in [-0.39, 0.29) is 36.2 Å². The van der Waals surface area contributed by atoms with Gasteiger partial charge in [0.1, 0.15) is 6.61 Å². The molecule has 0 aromatic carbocycles. The van der Waals surface area contributed by atoms with Crippen molar-refractivity contribution in [3.63, 3.8) is 0 Å². The quantitative estimate of drug-likeness (QED) is 0.337. The third kappa shape index (κ3) is 10.6. The van der Waals surface area contributed by atoms with E-state index >= 15 is 0 Å². The summed E-state index contributed by atoms with van der Waals surface area (Å²) in [5, 5.41) is 0. The van der Waals surface area contributed by atoms with E-state index in [1.807, 2.05) is 6.92 Å². The number of hydrogen-bond donors (Lipinski definition) is 1. The Bertz CT molecular complexity index is 99.8. The number of thiol groups is 1. The number of carbonyl (C=O) groups is 1. The summed E-state index contributed by atoms with van der Waals surface area (Å²) in [6.45, 7) is 3.34. The van der Waals surface area contributed by atoms with Crippen LogP contribution >= 0.6 is 12.6 Å². The largest absolute Gasteiger partial charge is 3.00 e. The van der Waals surface area contributed by atoms with Crippen LogP contribution in [0.3, 0.4) is 0 Å². The van der Waals surface area contributed by atoms with Gasteiger partial charge in [-0.05, 0) is 6.92 Å². The first kappa shape index (κ1) is 14.1. The first-order valence-electron chi connectivity index (χ1n) is 3.15. The van der Waals surface area contributed by atoms with Gasteiger partial charge in [0.05, 0.1) is 12.4 Å². The van der Waals surface area contributed by atoms with Gasteiger partial charge in [-0.25, -0.2) is 0 Å². The fourth-order valence-electron chi connectivity index (χ4n) is 0.404. The van der Waals surface area contributed by atoms with E-state index < -0.39 is 0 Å². The fraction of sp³-hybridized carbons (Fsp3) is 0.833. The van der Waals surface area contributed by atoms with Gasteiger partial charge in [0.2, 0.25) is 0 Å². The number of ether oxygens (including phenoxy) is 2. The van der Waals surface area contributed by atoms with Crippen LogP contribution in [0.25, 0.3) is 0 Å². The Morgan fingerprint density at radius 1 is 1.45 bits per heavy atom. The van der Waals surface area contributed by atoms with Gasteiger partial charge in [-0.3, -0.25) is 4.79 Å². The van der Waals surface area contributed by atoms with Crippen LogP contribution in [0.1, 0.15) is 6.92 Å². The molecule has 3 nitrogen and oxygen atoms in total. The maximum Gasteiger partial charge on any atom is 3.00 e. The Morgan fingerprint density at radius 2 is 2.09 bits per heavy atom. The zero-order valence-electron chi connectivity index (χ0n) is 6.45. The van der Waals surface area contributed by atoms with Crippen molar-refractivity contribution in [2.24, 2.45) is 0 Å². The van der Waals surface area contributed by atoms with Crippen molar-refractivity contribution >= 4 is 43.0 Å². The van der Waals surface area contributed by atoms with E-state index in [9.17, 15) is 4.79 Å². The molecule has 62 valence electrons. The van der Waals surface area contributed by atoms with Crippen molar-refractivity contribution in [1.29, 1.82) is 0 Å². The SMILES string of the molecule is CCOCCOC(=O)CS.[Sb+3]. The minimum absolute atomic E-state index is 0. The van der Waals surface area contributed by atoms with E-state index in [1.54, 1.807) is 0 Å². The van der Waals surface area contributed by atoms with Crippen molar-refractivity contribution in [1.82, 2.24) is 0 Å². The summed E-state index contributed by atoms with van der Waals surface area (Å²) in [4.78, 5) is 10.4. The Balaban J connectivity index is 0. The molecular weight excluding hydrogens is 274 g/mol. The average molecular weight is 286 g/mol. The smallest absolute Gasteiger partial charge is 0.463 e. The second kappa shape index (κ2) is 10.6. The van der Waals surface area contributed by atoms with Crippen molar-refractivity contribution in [2.45, 2.75) is 6.92 Å². The first-order valence-corrected chi connectivity index (χ1v) is 3.78. The molecule has 0 aliphatic rings. The van der Waals surface area contributed by atoms with Crippen LogP contribution < -0.4 is 0 Å². The second-order valence-corrected chi connectivity index (χ2v) is 1.89. The molecule has 0 aromatic rings. The van der Waals surface area contributed by atoms with Crippen LogP contribution in [0.5, 0.6) is 0 Å². The predicted octanol–water partition coefficient (Wildman–Crippen LogP) is 0.115. The van der Waals surface area contributed by atoms with E-state index in [2.05, 4.69) is 17.4 Å². The molecule has 0 aromatic heterocycles. The van der Waals surface area contributed by atoms with Crippen LogP contribution in [-0.4, -0.2) is 56.0 Å². The molecule has 0 spiro atoms. The Morgan fingerprint density at radius 3 is 2.55 bits per heavy atom. The number of rotatable bonds is 5. The number of hydrogen-bond acceptors (Lipinski definition) is 4. The van der Waals surface area contributed by atoms with Gasteiger partial charge >= 0.3 is 30.4 Å². The molecule has 0 heterocycles. The molecule has 0 N–H and O–H groups in total. The normalized spacial score (nSPS) is 8.55. The molecule has 0 saturated carbocycles. The van der Waals surface area contributed by atoms with E-state index in [1.165, 1.54) is 0 Å². The van der Waals surface area contributed by atoms with E-state index in [0.717, 1.165) is 0 Å². The minimum atomic E-state index is -0.303. The van der Waals surface area contributed by atoms with Crippen LogP contribution in [0.4, 0.5) is 0 Å². The standard InChI is InChI=1S/C6H12O3S.Sb/c1-2-8-3-4-9-6(7)5-10;/h10H,2-5H2,1H3;/q;+3. The van der Waals surface area contributed by atoms with Crippen LogP contribution in [0, 0.1) is 0 Å². The molecule has 0 aliphatic heterocycles.